The molecule has 112 valence electrons. The maximum atomic E-state index is 5.67. The molecule has 0 bridgehead atoms. The Kier molecular flexibility index (Phi) is 4.49. The van der Waals surface area contributed by atoms with E-state index in [4.69, 9.17) is 15.2 Å². The van der Waals surface area contributed by atoms with Crippen molar-refractivity contribution in [3.63, 3.8) is 0 Å². The van der Waals surface area contributed by atoms with Crippen molar-refractivity contribution in [2.45, 2.75) is 31.3 Å². The number of aromatic amines is 1. The first-order valence-corrected chi connectivity index (χ1v) is 7.41. The second kappa shape index (κ2) is 6.51. The number of aromatic nitrogens is 3. The SMILES string of the molecule is Nc1n[nH]c(C2CCN(CCC3COCCO3)CC2)n1. The van der Waals surface area contributed by atoms with E-state index in [1.165, 1.54) is 0 Å². The first-order valence-electron chi connectivity index (χ1n) is 7.41. The Labute approximate surface area is 118 Å². The van der Waals surface area contributed by atoms with Gasteiger partial charge in [-0.05, 0) is 32.4 Å². The number of nitrogen functional groups attached to an aromatic ring is 1. The zero-order chi connectivity index (χ0) is 13.8. The van der Waals surface area contributed by atoms with E-state index in [1.54, 1.807) is 0 Å². The summed E-state index contributed by atoms with van der Waals surface area (Å²) in [5.41, 5.74) is 5.55. The number of hydrogen-bond acceptors (Lipinski definition) is 6. The van der Waals surface area contributed by atoms with Crippen LogP contribution in [0.15, 0.2) is 0 Å². The van der Waals surface area contributed by atoms with Gasteiger partial charge in [0.05, 0.1) is 25.9 Å². The van der Waals surface area contributed by atoms with Crippen LogP contribution >= 0.6 is 0 Å². The van der Waals surface area contributed by atoms with Crippen molar-refractivity contribution in [3.05, 3.63) is 5.82 Å². The monoisotopic (exact) mass is 281 g/mol. The van der Waals surface area contributed by atoms with Crippen LogP contribution in [0.25, 0.3) is 0 Å². The number of nitrogens with one attached hydrogen (secondary N) is 1. The van der Waals surface area contributed by atoms with Gasteiger partial charge in [0, 0.05) is 12.5 Å². The Morgan fingerprint density at radius 1 is 1.30 bits per heavy atom. The summed E-state index contributed by atoms with van der Waals surface area (Å²) in [5, 5.41) is 6.84. The summed E-state index contributed by atoms with van der Waals surface area (Å²) >= 11 is 0. The molecule has 2 fully saturated rings. The van der Waals surface area contributed by atoms with Crippen LogP contribution < -0.4 is 5.73 Å². The topological polar surface area (TPSA) is 89.3 Å². The van der Waals surface area contributed by atoms with E-state index in [0.29, 0.717) is 11.9 Å². The molecule has 1 aromatic heterocycles. The standard InChI is InChI=1S/C13H23N5O2/c14-13-15-12(16-17-13)10-1-4-18(5-2-10)6-3-11-9-19-7-8-20-11/h10-11H,1-9H2,(H3,14,15,16,17). The third-order valence-corrected chi connectivity index (χ3v) is 4.15. The van der Waals surface area contributed by atoms with Gasteiger partial charge in [0.2, 0.25) is 5.95 Å². The molecule has 2 aliphatic heterocycles. The first kappa shape index (κ1) is 13.8. The third-order valence-electron chi connectivity index (χ3n) is 4.15. The van der Waals surface area contributed by atoms with Crippen LogP contribution in [-0.2, 0) is 9.47 Å². The highest BCUT2D eigenvalue weighted by Gasteiger charge is 2.24. The van der Waals surface area contributed by atoms with Crippen molar-refractivity contribution >= 4 is 5.95 Å². The Bertz CT molecular complexity index is 411. The lowest BCUT2D eigenvalue weighted by molar-refractivity contribution is -0.0930. The highest BCUT2D eigenvalue weighted by molar-refractivity contribution is 5.14. The average Bonchev–Trinajstić information content (AvgIpc) is 2.93. The Balaban J connectivity index is 1.39. The van der Waals surface area contributed by atoms with Crippen LogP contribution in [0.1, 0.15) is 31.0 Å². The largest absolute Gasteiger partial charge is 0.376 e. The first-order chi connectivity index (χ1) is 9.81. The van der Waals surface area contributed by atoms with E-state index in [0.717, 1.165) is 64.5 Å². The fourth-order valence-electron chi connectivity index (χ4n) is 2.93. The molecule has 0 saturated carbocycles. The minimum atomic E-state index is 0.274. The number of hydrogen-bond donors (Lipinski definition) is 2. The zero-order valence-corrected chi connectivity index (χ0v) is 11.8. The van der Waals surface area contributed by atoms with Gasteiger partial charge in [0.15, 0.2) is 0 Å². The van der Waals surface area contributed by atoms with E-state index >= 15 is 0 Å². The van der Waals surface area contributed by atoms with Gasteiger partial charge in [-0.15, -0.1) is 5.10 Å². The van der Waals surface area contributed by atoms with Gasteiger partial charge < -0.3 is 20.1 Å². The van der Waals surface area contributed by atoms with E-state index in [-0.39, 0.29) is 6.10 Å². The number of H-pyrrole nitrogens is 1. The lowest BCUT2D eigenvalue weighted by Gasteiger charge is -2.32. The van der Waals surface area contributed by atoms with E-state index in [1.807, 2.05) is 0 Å². The number of rotatable bonds is 4. The highest BCUT2D eigenvalue weighted by Crippen LogP contribution is 2.25. The van der Waals surface area contributed by atoms with Crippen molar-refractivity contribution in [3.8, 4) is 0 Å². The molecule has 2 saturated heterocycles. The predicted molar refractivity (Wildman–Crippen MR) is 74.4 cm³/mol. The Hall–Kier alpha value is -1.18. The minimum Gasteiger partial charge on any atom is -0.376 e. The van der Waals surface area contributed by atoms with Crippen LogP contribution in [0.2, 0.25) is 0 Å². The molecular formula is C13H23N5O2. The summed E-state index contributed by atoms with van der Waals surface area (Å²) in [4.78, 5) is 6.73. The molecular weight excluding hydrogens is 258 g/mol. The van der Waals surface area contributed by atoms with Gasteiger partial charge in [-0.3, -0.25) is 5.10 Å². The van der Waals surface area contributed by atoms with Crippen LogP contribution in [0, 0.1) is 0 Å². The smallest absolute Gasteiger partial charge is 0.239 e. The van der Waals surface area contributed by atoms with E-state index in [2.05, 4.69) is 20.1 Å². The van der Waals surface area contributed by atoms with Gasteiger partial charge >= 0.3 is 0 Å². The quantitative estimate of drug-likeness (QED) is 0.829. The van der Waals surface area contributed by atoms with Crippen LogP contribution in [-0.4, -0.2) is 65.6 Å². The molecule has 3 heterocycles. The molecule has 0 aliphatic carbocycles. The molecule has 0 amide bonds. The van der Waals surface area contributed by atoms with Crippen LogP contribution in [0.3, 0.4) is 0 Å². The number of ether oxygens (including phenoxy) is 2. The molecule has 0 spiro atoms. The summed E-state index contributed by atoms with van der Waals surface area (Å²) in [6.07, 6.45) is 3.54. The van der Waals surface area contributed by atoms with Crippen LogP contribution in [0.5, 0.6) is 0 Å². The number of nitrogens with zero attached hydrogens (tertiary/aromatic N) is 3. The number of likely N-dealkylation sites (tertiary alicyclic amines) is 1. The van der Waals surface area contributed by atoms with E-state index < -0.39 is 0 Å². The summed E-state index contributed by atoms with van der Waals surface area (Å²) in [7, 11) is 0. The van der Waals surface area contributed by atoms with E-state index in [9.17, 15) is 0 Å². The second-order valence-corrected chi connectivity index (χ2v) is 5.55. The zero-order valence-electron chi connectivity index (χ0n) is 11.8. The predicted octanol–water partition coefficient (Wildman–Crippen LogP) is 0.372. The van der Waals surface area contributed by atoms with Crippen LogP contribution in [0.4, 0.5) is 5.95 Å². The summed E-state index contributed by atoms with van der Waals surface area (Å²) in [6, 6.07) is 0. The molecule has 0 radical (unpaired) electrons. The minimum absolute atomic E-state index is 0.274. The third kappa shape index (κ3) is 3.47. The fourth-order valence-corrected chi connectivity index (χ4v) is 2.93. The average molecular weight is 281 g/mol. The van der Waals surface area contributed by atoms with Crippen molar-refractivity contribution in [2.24, 2.45) is 0 Å². The van der Waals surface area contributed by atoms with Crippen molar-refractivity contribution in [2.75, 3.05) is 45.2 Å². The van der Waals surface area contributed by atoms with Crippen molar-refractivity contribution in [1.29, 1.82) is 0 Å². The Morgan fingerprint density at radius 2 is 2.15 bits per heavy atom. The maximum absolute atomic E-state index is 5.67. The summed E-state index contributed by atoms with van der Waals surface area (Å²) in [6.45, 7) is 5.49. The fraction of sp³-hybridized carbons (Fsp3) is 0.846. The van der Waals surface area contributed by atoms with Gasteiger partial charge in [-0.2, -0.15) is 4.98 Å². The van der Waals surface area contributed by atoms with Gasteiger partial charge in [-0.25, -0.2) is 0 Å². The number of piperidine rings is 1. The summed E-state index contributed by atoms with van der Waals surface area (Å²) < 4.78 is 11.1. The van der Waals surface area contributed by atoms with Gasteiger partial charge in [0.1, 0.15) is 5.82 Å². The highest BCUT2D eigenvalue weighted by atomic mass is 16.6. The lowest BCUT2D eigenvalue weighted by Crippen LogP contribution is -2.37. The number of anilines is 1. The second-order valence-electron chi connectivity index (χ2n) is 5.55. The van der Waals surface area contributed by atoms with Gasteiger partial charge in [0.25, 0.3) is 0 Å². The molecule has 0 aromatic carbocycles. The molecule has 20 heavy (non-hydrogen) atoms. The molecule has 2 aliphatic rings. The Morgan fingerprint density at radius 3 is 2.80 bits per heavy atom. The molecule has 1 aromatic rings. The molecule has 7 nitrogen and oxygen atoms in total. The molecule has 7 heteroatoms. The number of nitrogens with two attached hydrogens (primary N) is 1. The van der Waals surface area contributed by atoms with Crippen molar-refractivity contribution < 1.29 is 9.47 Å². The lowest BCUT2D eigenvalue weighted by atomic mass is 9.96. The maximum Gasteiger partial charge on any atom is 0.239 e. The summed E-state index contributed by atoms with van der Waals surface area (Å²) in [5.74, 6) is 1.74. The normalized spacial score (nSPS) is 25.9. The molecule has 3 N–H and O–H groups in total. The molecule has 1 atom stereocenters. The van der Waals surface area contributed by atoms with Gasteiger partial charge in [-0.1, -0.05) is 0 Å². The molecule has 1 unspecified atom stereocenters. The van der Waals surface area contributed by atoms with Crippen molar-refractivity contribution in [1.82, 2.24) is 20.1 Å². The molecule has 3 rings (SSSR count).